The number of hydrogen-bond acceptors (Lipinski definition) is 3. The number of rotatable bonds is 3. The summed E-state index contributed by atoms with van der Waals surface area (Å²) in [5.41, 5.74) is -0.486. The van der Waals surface area contributed by atoms with Crippen molar-refractivity contribution in [2.75, 3.05) is 13.1 Å². The Labute approximate surface area is 111 Å². The fourth-order valence-electron chi connectivity index (χ4n) is 3.08. The van der Waals surface area contributed by atoms with Gasteiger partial charge in [-0.1, -0.05) is 19.8 Å². The van der Waals surface area contributed by atoms with Gasteiger partial charge in [-0.15, -0.1) is 0 Å². The van der Waals surface area contributed by atoms with Crippen molar-refractivity contribution in [2.45, 2.75) is 70.3 Å². The number of nitrogens with one attached hydrogen (secondary N) is 1. The predicted octanol–water partition coefficient (Wildman–Crippen LogP) is 2.88. The van der Waals surface area contributed by atoms with Crippen LogP contribution in [0.5, 0.6) is 0 Å². The van der Waals surface area contributed by atoms with Crippen molar-refractivity contribution in [2.24, 2.45) is 10.9 Å². The van der Waals surface area contributed by atoms with Crippen molar-refractivity contribution >= 4 is 5.84 Å². The van der Waals surface area contributed by atoms with Crippen LogP contribution in [0.2, 0.25) is 0 Å². The molecule has 0 unspecified atom stereocenters. The number of hydrogen-bond donors (Lipinski definition) is 2. The number of aliphatic hydroxyl groups is 1. The molecule has 1 saturated carbocycles. The second-order valence-corrected chi connectivity index (χ2v) is 6.07. The molecule has 2 rings (SSSR count). The van der Waals surface area contributed by atoms with Crippen LogP contribution in [0.1, 0.15) is 64.7 Å². The standard InChI is InChI=1S/C15H28N2O/c1-2-13-7-9-15(18,10-8-13)12-17-14-6-4-3-5-11-16-14/h13,18H,2-12H2,1H3,(H,16,17). The summed E-state index contributed by atoms with van der Waals surface area (Å²) >= 11 is 0. The maximum absolute atomic E-state index is 10.6. The van der Waals surface area contributed by atoms with Crippen LogP contribution in [-0.2, 0) is 0 Å². The topological polar surface area (TPSA) is 44.6 Å². The molecule has 18 heavy (non-hydrogen) atoms. The zero-order valence-corrected chi connectivity index (χ0v) is 11.7. The number of nitrogens with zero attached hydrogens (tertiary/aromatic N) is 1. The minimum absolute atomic E-state index is 0.486. The van der Waals surface area contributed by atoms with E-state index in [1.54, 1.807) is 0 Å². The summed E-state index contributed by atoms with van der Waals surface area (Å²) in [6.45, 7) is 3.91. The van der Waals surface area contributed by atoms with E-state index in [2.05, 4.69) is 17.2 Å². The Bertz CT molecular complexity index is 280. The summed E-state index contributed by atoms with van der Waals surface area (Å²) in [6.07, 6.45) is 10.3. The lowest BCUT2D eigenvalue weighted by atomic mass is 9.78. The molecule has 3 nitrogen and oxygen atoms in total. The van der Waals surface area contributed by atoms with E-state index in [9.17, 15) is 5.11 Å². The van der Waals surface area contributed by atoms with Crippen molar-refractivity contribution in [3.63, 3.8) is 0 Å². The van der Waals surface area contributed by atoms with E-state index in [1.807, 2.05) is 0 Å². The van der Waals surface area contributed by atoms with Crippen LogP contribution in [0.15, 0.2) is 4.99 Å². The van der Waals surface area contributed by atoms with Gasteiger partial charge in [0.15, 0.2) is 0 Å². The highest BCUT2D eigenvalue weighted by atomic mass is 16.3. The summed E-state index contributed by atoms with van der Waals surface area (Å²) in [5, 5.41) is 14.0. The van der Waals surface area contributed by atoms with E-state index in [0.29, 0.717) is 6.54 Å². The third kappa shape index (κ3) is 3.98. The first kappa shape index (κ1) is 13.9. The van der Waals surface area contributed by atoms with Crippen molar-refractivity contribution in [1.82, 2.24) is 5.32 Å². The Morgan fingerprint density at radius 3 is 2.78 bits per heavy atom. The Morgan fingerprint density at radius 1 is 1.28 bits per heavy atom. The highest BCUT2D eigenvalue weighted by Gasteiger charge is 2.32. The second kappa shape index (κ2) is 6.55. The van der Waals surface area contributed by atoms with Crippen LogP contribution in [0.4, 0.5) is 0 Å². The molecule has 1 fully saturated rings. The van der Waals surface area contributed by atoms with Crippen LogP contribution in [-0.4, -0.2) is 29.6 Å². The van der Waals surface area contributed by atoms with E-state index < -0.39 is 5.60 Å². The molecule has 1 aliphatic heterocycles. The minimum Gasteiger partial charge on any atom is -0.388 e. The van der Waals surface area contributed by atoms with E-state index in [-0.39, 0.29) is 0 Å². The van der Waals surface area contributed by atoms with Gasteiger partial charge in [-0.25, -0.2) is 0 Å². The van der Waals surface area contributed by atoms with Gasteiger partial charge in [0.25, 0.3) is 0 Å². The molecular formula is C15H28N2O. The van der Waals surface area contributed by atoms with Gasteiger partial charge in [-0.2, -0.15) is 0 Å². The molecule has 0 bridgehead atoms. The van der Waals surface area contributed by atoms with Gasteiger partial charge in [0.2, 0.25) is 0 Å². The third-order valence-corrected chi connectivity index (χ3v) is 4.61. The summed E-state index contributed by atoms with van der Waals surface area (Å²) in [5.74, 6) is 1.96. The van der Waals surface area contributed by atoms with Crippen LogP contribution in [0, 0.1) is 5.92 Å². The maximum Gasteiger partial charge on any atom is 0.0964 e. The van der Waals surface area contributed by atoms with Crippen molar-refractivity contribution in [1.29, 1.82) is 0 Å². The van der Waals surface area contributed by atoms with Gasteiger partial charge in [0.05, 0.1) is 11.4 Å². The van der Waals surface area contributed by atoms with E-state index in [4.69, 9.17) is 0 Å². The molecule has 0 saturated heterocycles. The number of amidine groups is 1. The molecular weight excluding hydrogens is 224 g/mol. The van der Waals surface area contributed by atoms with Crippen LogP contribution >= 0.6 is 0 Å². The van der Waals surface area contributed by atoms with Crippen molar-refractivity contribution in [3.8, 4) is 0 Å². The quantitative estimate of drug-likeness (QED) is 0.811. The smallest absolute Gasteiger partial charge is 0.0964 e. The number of aliphatic imine (C=N–C) groups is 1. The molecule has 0 aromatic carbocycles. The first-order valence-electron chi connectivity index (χ1n) is 7.71. The zero-order chi connectivity index (χ0) is 12.8. The normalized spacial score (nSPS) is 33.7. The van der Waals surface area contributed by atoms with Crippen LogP contribution < -0.4 is 5.32 Å². The molecule has 1 aliphatic carbocycles. The highest BCUT2D eigenvalue weighted by Crippen LogP contribution is 2.33. The molecule has 1 heterocycles. The lowest BCUT2D eigenvalue weighted by Gasteiger charge is -2.36. The fourth-order valence-corrected chi connectivity index (χ4v) is 3.08. The lowest BCUT2D eigenvalue weighted by Crippen LogP contribution is -2.45. The van der Waals surface area contributed by atoms with Crippen LogP contribution in [0.3, 0.4) is 0 Å². The zero-order valence-electron chi connectivity index (χ0n) is 11.7. The van der Waals surface area contributed by atoms with E-state index in [1.165, 1.54) is 38.5 Å². The average Bonchev–Trinajstić information content (AvgIpc) is 2.66. The SMILES string of the molecule is CCC1CCC(O)(CNC2=NCCCCC2)CC1. The Morgan fingerprint density at radius 2 is 2.06 bits per heavy atom. The van der Waals surface area contributed by atoms with Gasteiger partial charge in [0.1, 0.15) is 0 Å². The molecule has 0 radical (unpaired) electrons. The summed E-state index contributed by atoms with van der Waals surface area (Å²) in [4.78, 5) is 4.56. The minimum atomic E-state index is -0.486. The van der Waals surface area contributed by atoms with Crippen molar-refractivity contribution in [3.05, 3.63) is 0 Å². The molecule has 0 atom stereocenters. The summed E-state index contributed by atoms with van der Waals surface area (Å²) < 4.78 is 0. The first-order chi connectivity index (χ1) is 8.72. The molecule has 3 heteroatoms. The highest BCUT2D eigenvalue weighted by molar-refractivity contribution is 5.82. The Kier molecular flexibility index (Phi) is 5.04. The first-order valence-corrected chi connectivity index (χ1v) is 7.71. The molecule has 0 aromatic rings. The molecule has 0 aromatic heterocycles. The fraction of sp³-hybridized carbons (Fsp3) is 0.933. The largest absolute Gasteiger partial charge is 0.388 e. The second-order valence-electron chi connectivity index (χ2n) is 6.07. The Hall–Kier alpha value is -0.570. The average molecular weight is 252 g/mol. The molecule has 2 aliphatic rings. The van der Waals surface area contributed by atoms with Gasteiger partial charge in [-0.3, -0.25) is 4.99 Å². The van der Waals surface area contributed by atoms with Crippen molar-refractivity contribution < 1.29 is 5.11 Å². The molecule has 104 valence electrons. The van der Waals surface area contributed by atoms with Gasteiger partial charge >= 0.3 is 0 Å². The third-order valence-electron chi connectivity index (χ3n) is 4.61. The van der Waals surface area contributed by atoms with Gasteiger partial charge in [-0.05, 0) is 44.4 Å². The maximum atomic E-state index is 10.6. The van der Waals surface area contributed by atoms with E-state index >= 15 is 0 Å². The predicted molar refractivity (Wildman–Crippen MR) is 76.0 cm³/mol. The lowest BCUT2D eigenvalue weighted by molar-refractivity contribution is -0.00515. The van der Waals surface area contributed by atoms with Gasteiger partial charge in [0, 0.05) is 19.5 Å². The molecule has 2 N–H and O–H groups in total. The molecule has 0 spiro atoms. The monoisotopic (exact) mass is 252 g/mol. The van der Waals surface area contributed by atoms with E-state index in [0.717, 1.165) is 37.6 Å². The molecule has 0 amide bonds. The summed E-state index contributed by atoms with van der Waals surface area (Å²) in [7, 11) is 0. The van der Waals surface area contributed by atoms with Crippen LogP contribution in [0.25, 0.3) is 0 Å². The Balaban J connectivity index is 1.77. The van der Waals surface area contributed by atoms with Gasteiger partial charge < -0.3 is 10.4 Å². The summed E-state index contributed by atoms with van der Waals surface area (Å²) in [6, 6.07) is 0.